The van der Waals surface area contributed by atoms with Crippen molar-refractivity contribution in [2.75, 3.05) is 64.7 Å². The average Bonchev–Trinajstić information content (AvgIpc) is 0.900. The van der Waals surface area contributed by atoms with E-state index in [1.165, 1.54) is 6.92 Å². The summed E-state index contributed by atoms with van der Waals surface area (Å²) in [6.07, 6.45) is -2.81. The molecular weight excluding hydrogens is 1330 g/mol. The van der Waals surface area contributed by atoms with Gasteiger partial charge in [-0.2, -0.15) is 12.6 Å². The molecular formula is C55H103N31O13S. The van der Waals surface area contributed by atoms with Crippen molar-refractivity contribution in [2.24, 2.45) is 110 Å². The number of nitrogens with one attached hydrogen (secondary N) is 10. The van der Waals surface area contributed by atoms with Crippen LogP contribution in [-0.4, -0.2) is 236 Å². The summed E-state index contributed by atoms with van der Waals surface area (Å²) >= 11 is 4.08. The summed E-state index contributed by atoms with van der Waals surface area (Å²) in [7, 11) is 0. The van der Waals surface area contributed by atoms with E-state index < -0.39 is 170 Å². The minimum atomic E-state index is -1.61. The first-order valence-corrected chi connectivity index (χ1v) is 32.5. The van der Waals surface area contributed by atoms with Crippen LogP contribution in [-0.2, 0) is 62.3 Å². The number of nitrogens with two attached hydrogens (primary N) is 14. The maximum absolute atomic E-state index is 15.2. The SMILES string of the molecule is C[C@@H]1NC(=O)[C@H](CCC(N)=O)NC(=O)[C@H](CCCN=C(N)N)NC(=O)CCC(=O)NCCN(CC(=O)N[C@@H](CCCN=C(N)N)C(=O)N[C@@H](CCCN=C(N)N)C(=O)N[C@@H](CCCN=C(N)N)C(=O)N[C@@H](CS)C(N)=O)C(=O)[C@H](CCCN=C(N)N)NC(=O)[C@H](CCCN=C(N)N)NC1=O. The summed E-state index contributed by atoms with van der Waals surface area (Å²) in [5.74, 6) is -14.2. The molecule has 45 heteroatoms. The molecule has 1 saturated heterocycles. The molecule has 44 nitrogen and oxygen atoms in total. The van der Waals surface area contributed by atoms with Crippen molar-refractivity contribution in [1.29, 1.82) is 0 Å². The third-order valence-corrected chi connectivity index (χ3v) is 14.7. The summed E-state index contributed by atoms with van der Waals surface area (Å²) in [6, 6.07) is -13.4. The van der Waals surface area contributed by atoms with E-state index in [1.807, 2.05) is 0 Å². The normalized spacial score (nSPS) is 18.6. The number of hydrogen-bond acceptors (Lipinski definition) is 20. The van der Waals surface area contributed by atoms with E-state index in [2.05, 4.69) is 95.8 Å². The highest BCUT2D eigenvalue weighted by Crippen LogP contribution is 2.12. The van der Waals surface area contributed by atoms with Gasteiger partial charge >= 0.3 is 0 Å². The minimum absolute atomic E-state index is 0.00198. The van der Waals surface area contributed by atoms with Gasteiger partial charge in [-0.1, -0.05) is 0 Å². The highest BCUT2D eigenvalue weighted by atomic mass is 32.1. The van der Waals surface area contributed by atoms with E-state index in [-0.39, 0.29) is 164 Å². The van der Waals surface area contributed by atoms with Crippen LogP contribution in [0, 0.1) is 0 Å². The zero-order valence-electron chi connectivity index (χ0n) is 56.0. The average molecular weight is 1440 g/mol. The highest BCUT2D eigenvalue weighted by molar-refractivity contribution is 7.80. The van der Waals surface area contributed by atoms with Crippen LogP contribution in [0.4, 0.5) is 0 Å². The number of rotatable bonds is 38. The van der Waals surface area contributed by atoms with E-state index in [9.17, 15) is 57.5 Å². The van der Waals surface area contributed by atoms with Gasteiger partial charge in [-0.15, -0.1) is 0 Å². The molecule has 38 N–H and O–H groups in total. The molecule has 1 heterocycles. The smallest absolute Gasteiger partial charge is 0.245 e. The summed E-state index contributed by atoms with van der Waals surface area (Å²) in [5.41, 5.74) is 77.3. The Morgan fingerprint density at radius 3 is 1.21 bits per heavy atom. The van der Waals surface area contributed by atoms with Crippen molar-refractivity contribution in [3.8, 4) is 0 Å². The Labute approximate surface area is 582 Å². The van der Waals surface area contributed by atoms with Gasteiger partial charge in [0.15, 0.2) is 35.8 Å². The van der Waals surface area contributed by atoms with Crippen LogP contribution in [0.1, 0.15) is 110 Å². The fourth-order valence-corrected chi connectivity index (χ4v) is 9.51. The van der Waals surface area contributed by atoms with Crippen LogP contribution in [0.15, 0.2) is 30.0 Å². The molecule has 0 unspecified atom stereocenters. The van der Waals surface area contributed by atoms with Crippen LogP contribution >= 0.6 is 12.6 Å². The van der Waals surface area contributed by atoms with Gasteiger partial charge in [0.1, 0.15) is 54.4 Å². The van der Waals surface area contributed by atoms with Crippen LogP contribution in [0.3, 0.4) is 0 Å². The molecule has 0 saturated carbocycles. The van der Waals surface area contributed by atoms with Crippen molar-refractivity contribution >= 4 is 125 Å². The third kappa shape index (κ3) is 38.7. The van der Waals surface area contributed by atoms with Gasteiger partial charge in [0.25, 0.3) is 0 Å². The molecule has 1 aliphatic heterocycles. The number of guanidine groups is 6. The molecule has 1 fully saturated rings. The number of thiol groups is 1. The van der Waals surface area contributed by atoms with Gasteiger partial charge in [-0.3, -0.25) is 92.3 Å². The van der Waals surface area contributed by atoms with Crippen molar-refractivity contribution in [3.05, 3.63) is 0 Å². The molecule has 13 amide bonds. The summed E-state index contributed by atoms with van der Waals surface area (Å²) in [4.78, 5) is 205. The number of aliphatic imine (C=N–C) groups is 6. The van der Waals surface area contributed by atoms with Gasteiger partial charge in [0.05, 0.1) is 6.54 Å². The van der Waals surface area contributed by atoms with Gasteiger partial charge in [0, 0.05) is 77.4 Å². The molecule has 0 aromatic heterocycles. The van der Waals surface area contributed by atoms with E-state index in [1.54, 1.807) is 0 Å². The first-order chi connectivity index (χ1) is 47.1. The zero-order chi connectivity index (χ0) is 75.4. The lowest BCUT2D eigenvalue weighted by Crippen LogP contribution is -2.59. The standard InChI is InChI=1S/C55H103N31O13S/c1-28-42(92)80-31(10-4-20-73-52(62)63)47(97)84-35(13-7-23-76-55(68)69)49(99)86(25-24-70-38(88)16-17-39(89)78-29(8-2-18-71-50(58)59)44(94)83-34(43(93)77-28)14-15-37(56)87)26-40(90)79-30(9-3-19-72-51(60)61)45(95)81-32(11-5-21-74-53(64)65)46(96)82-33(12-6-22-75-54(66)67)48(98)85-36(27-100)41(57)91/h28-36,100H,2-27H2,1H3,(H2,56,87)(H2,57,91)(H,70,88)(H,77,93)(H,78,89)(H,79,90)(H,80,92)(H,81,95)(H,82,96)(H,83,94)(H,84,97)(H,85,98)(H4,58,59,71)(H4,60,61,72)(H4,62,63,73)(H4,64,65,74)(H4,66,67,75)(H4,68,69,76)/t28-,29-,30-,31-,32-,33-,34-,35-,36-/m0/s1. The molecule has 0 aliphatic carbocycles. The Bertz CT molecular complexity index is 2950. The fraction of sp³-hybridized carbons (Fsp3) is 0.655. The number of carbonyl (C=O) groups is 13. The van der Waals surface area contributed by atoms with E-state index in [0.717, 1.165) is 4.90 Å². The molecule has 0 aromatic carbocycles. The zero-order valence-corrected chi connectivity index (χ0v) is 56.9. The maximum Gasteiger partial charge on any atom is 0.245 e. The van der Waals surface area contributed by atoms with Crippen LogP contribution in [0.25, 0.3) is 0 Å². The Morgan fingerprint density at radius 2 is 0.800 bits per heavy atom. The lowest BCUT2D eigenvalue weighted by molar-refractivity contribution is -0.141. The van der Waals surface area contributed by atoms with Gasteiger partial charge < -0.3 is 138 Å². The fourth-order valence-electron chi connectivity index (χ4n) is 9.24. The highest BCUT2D eigenvalue weighted by Gasteiger charge is 2.36. The van der Waals surface area contributed by atoms with Gasteiger partial charge in [-0.05, 0) is 90.4 Å². The number of hydrogen-bond donors (Lipinski definition) is 25. The van der Waals surface area contributed by atoms with E-state index in [0.29, 0.717) is 0 Å². The molecule has 1 rings (SSSR count). The minimum Gasteiger partial charge on any atom is -0.370 e. The number of amides is 13. The molecule has 0 radical (unpaired) electrons. The van der Waals surface area contributed by atoms with Crippen molar-refractivity contribution < 1.29 is 62.3 Å². The molecule has 562 valence electrons. The van der Waals surface area contributed by atoms with Crippen molar-refractivity contribution in [3.63, 3.8) is 0 Å². The molecule has 9 atom stereocenters. The predicted octanol–water partition coefficient (Wildman–Crippen LogP) is -12.9. The summed E-state index contributed by atoms with van der Waals surface area (Å²) in [6.45, 7) is -0.991. The number of nitrogens with zero attached hydrogens (tertiary/aromatic N) is 7. The molecule has 0 spiro atoms. The van der Waals surface area contributed by atoms with Gasteiger partial charge in [0.2, 0.25) is 76.8 Å². The summed E-state index contributed by atoms with van der Waals surface area (Å²) in [5, 5.41) is 25.3. The first-order valence-electron chi connectivity index (χ1n) is 31.9. The number of carbonyl (C=O) groups excluding carboxylic acids is 13. The quantitative estimate of drug-likeness (QED) is 0.0118. The lowest BCUT2D eigenvalue weighted by atomic mass is 10.0. The second-order valence-corrected chi connectivity index (χ2v) is 23.1. The molecule has 0 bridgehead atoms. The Kier molecular flexibility index (Phi) is 41.7. The van der Waals surface area contributed by atoms with Crippen LogP contribution in [0.2, 0.25) is 0 Å². The van der Waals surface area contributed by atoms with Crippen LogP contribution < -0.4 is 133 Å². The van der Waals surface area contributed by atoms with E-state index >= 15 is 4.79 Å². The monoisotopic (exact) mass is 1440 g/mol. The Balaban J connectivity index is 4.16. The predicted molar refractivity (Wildman–Crippen MR) is 373 cm³/mol. The largest absolute Gasteiger partial charge is 0.370 e. The second kappa shape index (κ2) is 47.9. The maximum atomic E-state index is 15.2. The lowest BCUT2D eigenvalue weighted by Gasteiger charge is -2.30. The van der Waals surface area contributed by atoms with Crippen molar-refractivity contribution in [1.82, 2.24) is 58.1 Å². The topological polar surface area (TPSA) is 784 Å². The second-order valence-electron chi connectivity index (χ2n) is 22.7. The summed E-state index contributed by atoms with van der Waals surface area (Å²) < 4.78 is 0. The number of primary amides is 2. The van der Waals surface area contributed by atoms with E-state index in [4.69, 9.17) is 80.3 Å². The Morgan fingerprint density at radius 1 is 0.450 bits per heavy atom. The third-order valence-electron chi connectivity index (χ3n) is 14.3. The molecule has 0 aromatic rings. The van der Waals surface area contributed by atoms with Crippen LogP contribution in [0.5, 0.6) is 0 Å². The molecule has 100 heavy (non-hydrogen) atoms. The van der Waals surface area contributed by atoms with Crippen molar-refractivity contribution in [2.45, 2.75) is 164 Å². The molecule has 1 aliphatic rings. The Hall–Kier alpha value is -10.9. The van der Waals surface area contributed by atoms with Gasteiger partial charge in [-0.25, -0.2) is 0 Å². The first kappa shape index (κ1) is 87.1.